The van der Waals surface area contributed by atoms with Crippen LogP contribution in [0, 0.1) is 5.92 Å². The zero-order valence-corrected chi connectivity index (χ0v) is 17.5. The average molecular weight is 418 g/mol. The highest BCUT2D eigenvalue weighted by molar-refractivity contribution is 5.82. The molecule has 164 valence electrons. The first-order valence-corrected chi connectivity index (χ1v) is 10.3. The number of piperidine rings is 1. The Morgan fingerprint density at radius 1 is 1.30 bits per heavy atom. The lowest BCUT2D eigenvalue weighted by Crippen LogP contribution is -2.53. The summed E-state index contributed by atoms with van der Waals surface area (Å²) in [7, 11) is 4.04. The van der Waals surface area contributed by atoms with Crippen molar-refractivity contribution in [3.63, 3.8) is 0 Å². The van der Waals surface area contributed by atoms with Gasteiger partial charge in [0.1, 0.15) is 0 Å². The second-order valence-corrected chi connectivity index (χ2v) is 8.59. The number of hydrogen-bond donors (Lipinski definition) is 2. The molecule has 2 N–H and O–H groups in total. The van der Waals surface area contributed by atoms with E-state index in [-0.39, 0.29) is 47.8 Å². The van der Waals surface area contributed by atoms with E-state index in [0.29, 0.717) is 25.9 Å². The molecule has 9 heteroatoms. The van der Waals surface area contributed by atoms with Gasteiger partial charge in [0, 0.05) is 56.2 Å². The van der Waals surface area contributed by atoms with Crippen molar-refractivity contribution in [2.75, 3.05) is 33.7 Å². The smallest absolute Gasteiger partial charge is 0.290 e. The van der Waals surface area contributed by atoms with Crippen LogP contribution in [0.5, 0.6) is 0 Å². The summed E-state index contributed by atoms with van der Waals surface area (Å²) in [6, 6.07) is 5.56. The fourth-order valence-corrected chi connectivity index (χ4v) is 5.03. The van der Waals surface area contributed by atoms with Gasteiger partial charge in [-0.2, -0.15) is 0 Å². The number of likely N-dealkylation sites (N-methyl/N-ethyl adjacent to an activating group) is 1. The van der Waals surface area contributed by atoms with E-state index in [0.717, 1.165) is 25.1 Å². The lowest BCUT2D eigenvalue weighted by molar-refractivity contribution is -0.135. The van der Waals surface area contributed by atoms with Crippen LogP contribution in [0.25, 0.3) is 0 Å². The Balaban J connectivity index is 0.000000806. The maximum atomic E-state index is 12.9. The van der Waals surface area contributed by atoms with Gasteiger partial charge >= 0.3 is 0 Å². The van der Waals surface area contributed by atoms with Crippen molar-refractivity contribution in [2.45, 2.75) is 43.7 Å². The first-order chi connectivity index (χ1) is 14.3. The number of fused-ring (bicyclic) bond motifs is 4. The third-order valence-corrected chi connectivity index (χ3v) is 6.21. The SMILES string of the molecule is CN(C)C[C@H]1[C@H]2C[C@H](CN(C(=O)C[C@@H]3CCC(=O)N3)C2)c2cccc(=O)n21.O=CO. The highest BCUT2D eigenvalue weighted by Crippen LogP contribution is 2.41. The van der Waals surface area contributed by atoms with Crippen LogP contribution >= 0.6 is 0 Å². The van der Waals surface area contributed by atoms with Crippen LogP contribution in [0.2, 0.25) is 0 Å². The Labute approximate surface area is 175 Å². The molecule has 2 amide bonds. The molecule has 0 spiro atoms. The van der Waals surface area contributed by atoms with Gasteiger partial charge in [-0.3, -0.25) is 19.2 Å². The van der Waals surface area contributed by atoms with Gasteiger partial charge in [0.2, 0.25) is 11.8 Å². The molecule has 0 aliphatic carbocycles. The fourth-order valence-electron chi connectivity index (χ4n) is 5.03. The highest BCUT2D eigenvalue weighted by atomic mass is 16.3. The number of carbonyl (C=O) groups excluding carboxylic acids is 2. The number of likely N-dealkylation sites (tertiary alicyclic amines) is 1. The zero-order valence-electron chi connectivity index (χ0n) is 17.5. The number of nitrogens with zero attached hydrogens (tertiary/aromatic N) is 3. The van der Waals surface area contributed by atoms with E-state index in [1.807, 2.05) is 35.7 Å². The van der Waals surface area contributed by atoms with Crippen LogP contribution in [-0.4, -0.2) is 77.5 Å². The van der Waals surface area contributed by atoms with Gasteiger partial charge in [-0.1, -0.05) is 6.07 Å². The predicted octanol–water partition coefficient (Wildman–Crippen LogP) is 0.266. The average Bonchev–Trinajstić information content (AvgIpc) is 3.10. The summed E-state index contributed by atoms with van der Waals surface area (Å²) in [6.45, 7) is 1.89. The maximum Gasteiger partial charge on any atom is 0.290 e. The van der Waals surface area contributed by atoms with Crippen LogP contribution in [0.15, 0.2) is 23.0 Å². The monoisotopic (exact) mass is 418 g/mol. The number of hydrogen-bond acceptors (Lipinski definition) is 5. The summed E-state index contributed by atoms with van der Waals surface area (Å²) in [5.41, 5.74) is 1.11. The number of rotatable bonds is 4. The predicted molar refractivity (Wildman–Crippen MR) is 110 cm³/mol. The number of pyridine rings is 1. The van der Waals surface area contributed by atoms with Crippen molar-refractivity contribution >= 4 is 18.3 Å². The second kappa shape index (κ2) is 9.42. The molecule has 0 radical (unpaired) electrons. The highest BCUT2D eigenvalue weighted by Gasteiger charge is 2.42. The molecule has 0 aromatic carbocycles. The minimum absolute atomic E-state index is 0.0285. The van der Waals surface area contributed by atoms with Gasteiger partial charge < -0.3 is 24.8 Å². The van der Waals surface area contributed by atoms with Crippen molar-refractivity contribution in [3.05, 3.63) is 34.2 Å². The van der Waals surface area contributed by atoms with E-state index in [1.54, 1.807) is 6.07 Å². The molecule has 4 atom stereocenters. The largest absolute Gasteiger partial charge is 0.483 e. The standard InChI is InChI=1S/C20H28N4O3.CH2O2/c1-22(2)12-17-14-8-13(16-4-3-5-19(26)24(16)17)10-23(11-14)20(27)9-15-6-7-18(25)21-15;2-1-3/h3-5,13-15,17H,6-12H2,1-2H3,(H,21,25);1H,(H,2,3)/t13-,14+,15+,17+;/m1./s1. The Morgan fingerprint density at radius 3 is 2.67 bits per heavy atom. The van der Waals surface area contributed by atoms with Gasteiger partial charge in [-0.05, 0) is 38.9 Å². The summed E-state index contributed by atoms with van der Waals surface area (Å²) in [6.07, 6.45) is 2.66. The molecule has 1 aromatic heterocycles. The van der Waals surface area contributed by atoms with Crippen LogP contribution in [0.1, 0.15) is 43.3 Å². The Morgan fingerprint density at radius 2 is 2.03 bits per heavy atom. The van der Waals surface area contributed by atoms with Crippen molar-refractivity contribution in [2.24, 2.45) is 5.92 Å². The Hall–Kier alpha value is -2.68. The minimum atomic E-state index is -0.250. The Bertz CT molecular complexity index is 852. The summed E-state index contributed by atoms with van der Waals surface area (Å²) in [5, 5.41) is 9.78. The third kappa shape index (κ3) is 4.72. The maximum absolute atomic E-state index is 12.9. The van der Waals surface area contributed by atoms with Crippen molar-refractivity contribution in [3.8, 4) is 0 Å². The summed E-state index contributed by atoms with van der Waals surface area (Å²) >= 11 is 0. The number of carbonyl (C=O) groups is 3. The van der Waals surface area contributed by atoms with Crippen LogP contribution < -0.4 is 10.9 Å². The number of aromatic nitrogens is 1. The van der Waals surface area contributed by atoms with E-state index >= 15 is 0 Å². The van der Waals surface area contributed by atoms with Crippen molar-refractivity contribution in [1.82, 2.24) is 19.7 Å². The van der Waals surface area contributed by atoms with Gasteiger partial charge in [-0.15, -0.1) is 0 Å². The molecular formula is C21H30N4O5. The van der Waals surface area contributed by atoms with E-state index < -0.39 is 0 Å². The number of carboxylic acid groups (broad SMARTS) is 1. The summed E-state index contributed by atoms with van der Waals surface area (Å²) in [5.74, 6) is 0.647. The van der Waals surface area contributed by atoms with Gasteiger partial charge in [0.05, 0.1) is 6.04 Å². The minimum Gasteiger partial charge on any atom is -0.483 e. The first-order valence-electron chi connectivity index (χ1n) is 10.3. The molecule has 4 heterocycles. The molecule has 2 fully saturated rings. The molecule has 4 rings (SSSR count). The number of nitrogens with one attached hydrogen (secondary N) is 1. The first kappa shape index (κ1) is 22.0. The molecule has 0 saturated carbocycles. The molecule has 2 bridgehead atoms. The fraction of sp³-hybridized carbons (Fsp3) is 0.619. The van der Waals surface area contributed by atoms with E-state index in [1.165, 1.54) is 0 Å². The lowest BCUT2D eigenvalue weighted by Gasteiger charge is -2.47. The summed E-state index contributed by atoms with van der Waals surface area (Å²) < 4.78 is 1.97. The molecule has 3 aliphatic rings. The number of amides is 2. The molecule has 0 unspecified atom stereocenters. The molecule has 2 saturated heterocycles. The third-order valence-electron chi connectivity index (χ3n) is 6.21. The van der Waals surface area contributed by atoms with Gasteiger partial charge in [0.25, 0.3) is 12.0 Å². The molecular weight excluding hydrogens is 388 g/mol. The van der Waals surface area contributed by atoms with Crippen LogP contribution in [0.4, 0.5) is 0 Å². The lowest BCUT2D eigenvalue weighted by atomic mass is 9.78. The van der Waals surface area contributed by atoms with E-state index in [4.69, 9.17) is 9.90 Å². The normalized spacial score (nSPS) is 27.0. The second-order valence-electron chi connectivity index (χ2n) is 8.59. The van der Waals surface area contributed by atoms with Crippen molar-refractivity contribution < 1.29 is 19.5 Å². The van der Waals surface area contributed by atoms with E-state index in [2.05, 4.69) is 10.2 Å². The Kier molecular flexibility index (Phi) is 6.91. The van der Waals surface area contributed by atoms with Crippen LogP contribution in [0.3, 0.4) is 0 Å². The molecule has 30 heavy (non-hydrogen) atoms. The van der Waals surface area contributed by atoms with Crippen LogP contribution in [-0.2, 0) is 14.4 Å². The quantitative estimate of drug-likeness (QED) is 0.679. The topological polar surface area (TPSA) is 112 Å². The molecule has 9 nitrogen and oxygen atoms in total. The van der Waals surface area contributed by atoms with Gasteiger partial charge in [-0.25, -0.2) is 0 Å². The summed E-state index contributed by atoms with van der Waals surface area (Å²) in [4.78, 5) is 49.3. The van der Waals surface area contributed by atoms with Gasteiger partial charge in [0.15, 0.2) is 0 Å². The molecule has 1 aromatic rings. The zero-order chi connectivity index (χ0) is 21.8. The van der Waals surface area contributed by atoms with Crippen molar-refractivity contribution in [1.29, 1.82) is 0 Å². The van der Waals surface area contributed by atoms with E-state index in [9.17, 15) is 14.4 Å². The molecule has 3 aliphatic heterocycles.